The number of carbonyl (C=O) groups is 1. The van der Waals surface area contributed by atoms with Crippen LogP contribution in [0.15, 0.2) is 30.3 Å². The smallest absolute Gasteiger partial charge is 0.228 e. The van der Waals surface area contributed by atoms with E-state index in [1.54, 1.807) is 0 Å². The summed E-state index contributed by atoms with van der Waals surface area (Å²) in [6.45, 7) is 10.8. The number of hydrogen-bond acceptors (Lipinski definition) is 2. The topological polar surface area (TPSA) is 23.6 Å². The number of rotatable bonds is 4. The second kappa shape index (κ2) is 6.40. The van der Waals surface area contributed by atoms with Crippen molar-refractivity contribution >= 4 is 5.91 Å². The van der Waals surface area contributed by atoms with Gasteiger partial charge in [-0.05, 0) is 12.0 Å². The second-order valence-corrected chi connectivity index (χ2v) is 6.29. The van der Waals surface area contributed by atoms with Crippen molar-refractivity contribution < 1.29 is 4.79 Å². The van der Waals surface area contributed by atoms with Crippen molar-refractivity contribution in [3.63, 3.8) is 0 Å². The van der Waals surface area contributed by atoms with Gasteiger partial charge in [0.1, 0.15) is 0 Å². The molecule has 20 heavy (non-hydrogen) atoms. The normalized spacial score (nSPS) is 17.2. The Morgan fingerprint density at radius 2 is 1.70 bits per heavy atom. The van der Waals surface area contributed by atoms with E-state index in [2.05, 4.69) is 36.1 Å². The maximum Gasteiger partial charge on any atom is 0.228 e. The van der Waals surface area contributed by atoms with Gasteiger partial charge in [0.05, 0.1) is 0 Å². The lowest BCUT2D eigenvalue weighted by Gasteiger charge is -2.38. The molecule has 0 bridgehead atoms. The van der Waals surface area contributed by atoms with Crippen LogP contribution in [0.5, 0.6) is 0 Å². The van der Waals surface area contributed by atoms with Crippen LogP contribution in [0.1, 0.15) is 32.8 Å². The molecule has 2 rings (SSSR count). The maximum atomic E-state index is 12.4. The number of amides is 1. The summed E-state index contributed by atoms with van der Waals surface area (Å²) in [6, 6.07) is 10.5. The molecule has 0 saturated carbocycles. The van der Waals surface area contributed by atoms with E-state index < -0.39 is 0 Å². The van der Waals surface area contributed by atoms with Gasteiger partial charge in [-0.2, -0.15) is 0 Å². The first-order valence-corrected chi connectivity index (χ1v) is 7.58. The minimum Gasteiger partial charge on any atom is -0.340 e. The second-order valence-electron chi connectivity index (χ2n) is 6.29. The van der Waals surface area contributed by atoms with Crippen LogP contribution in [0.4, 0.5) is 0 Å². The Morgan fingerprint density at radius 1 is 1.10 bits per heavy atom. The van der Waals surface area contributed by atoms with Crippen LogP contribution in [-0.4, -0.2) is 41.9 Å². The Hall–Kier alpha value is -1.35. The molecule has 110 valence electrons. The Morgan fingerprint density at radius 3 is 2.25 bits per heavy atom. The molecule has 1 fully saturated rings. The summed E-state index contributed by atoms with van der Waals surface area (Å²) < 4.78 is 0. The zero-order valence-electron chi connectivity index (χ0n) is 12.9. The molecule has 1 aliphatic heterocycles. The molecule has 0 spiro atoms. The summed E-state index contributed by atoms with van der Waals surface area (Å²) in [5, 5.41) is 0. The van der Waals surface area contributed by atoms with Gasteiger partial charge in [0.25, 0.3) is 0 Å². The third-order valence-electron chi connectivity index (χ3n) is 4.37. The molecular formula is C17H26N2O. The fraction of sp³-hybridized carbons (Fsp3) is 0.588. The first kappa shape index (κ1) is 15.0. The van der Waals surface area contributed by atoms with Gasteiger partial charge in [-0.15, -0.1) is 0 Å². The predicted molar refractivity (Wildman–Crippen MR) is 82.4 cm³/mol. The zero-order chi connectivity index (χ0) is 14.6. The molecule has 1 aliphatic rings. The lowest BCUT2D eigenvalue weighted by atomic mass is 9.88. The molecular weight excluding hydrogens is 248 g/mol. The van der Waals surface area contributed by atoms with Crippen LogP contribution in [0.3, 0.4) is 0 Å². The molecule has 3 heteroatoms. The molecule has 1 heterocycles. The van der Waals surface area contributed by atoms with E-state index in [1.165, 1.54) is 5.56 Å². The van der Waals surface area contributed by atoms with Gasteiger partial charge in [0.2, 0.25) is 5.91 Å². The number of piperazine rings is 1. The van der Waals surface area contributed by atoms with Crippen molar-refractivity contribution in [2.75, 3.05) is 26.2 Å². The molecule has 1 amide bonds. The molecule has 3 nitrogen and oxygen atoms in total. The first-order chi connectivity index (χ1) is 9.53. The van der Waals surface area contributed by atoms with E-state index >= 15 is 0 Å². The molecule has 0 aromatic heterocycles. The fourth-order valence-corrected chi connectivity index (χ4v) is 2.53. The average Bonchev–Trinajstić information content (AvgIpc) is 2.48. The highest BCUT2D eigenvalue weighted by Gasteiger charge is 2.31. The van der Waals surface area contributed by atoms with E-state index in [-0.39, 0.29) is 5.41 Å². The molecule has 1 aromatic rings. The highest BCUT2D eigenvalue weighted by Crippen LogP contribution is 2.23. The third-order valence-corrected chi connectivity index (χ3v) is 4.37. The average molecular weight is 274 g/mol. The Kier molecular flexibility index (Phi) is 4.81. The minimum atomic E-state index is -0.221. The molecule has 1 aromatic carbocycles. The summed E-state index contributed by atoms with van der Waals surface area (Å²) >= 11 is 0. The summed E-state index contributed by atoms with van der Waals surface area (Å²) in [6.07, 6.45) is 0.899. The maximum absolute atomic E-state index is 12.4. The molecule has 0 unspecified atom stereocenters. The van der Waals surface area contributed by atoms with E-state index in [1.807, 2.05) is 24.8 Å². The zero-order valence-corrected chi connectivity index (χ0v) is 12.9. The van der Waals surface area contributed by atoms with Crippen molar-refractivity contribution in [2.45, 2.75) is 33.7 Å². The number of nitrogens with zero attached hydrogens (tertiary/aromatic N) is 2. The molecule has 0 radical (unpaired) electrons. The van der Waals surface area contributed by atoms with E-state index in [9.17, 15) is 4.79 Å². The summed E-state index contributed by atoms with van der Waals surface area (Å²) in [5.74, 6) is 0.305. The van der Waals surface area contributed by atoms with Gasteiger partial charge < -0.3 is 4.90 Å². The standard InChI is InChI=1S/C17H26N2O/c1-4-17(2,3)16(20)19-12-10-18(11-13-19)14-15-8-6-5-7-9-15/h5-9H,4,10-14H2,1-3H3. The molecule has 1 saturated heterocycles. The van der Waals surface area contributed by atoms with Gasteiger partial charge in [-0.25, -0.2) is 0 Å². The van der Waals surface area contributed by atoms with Crippen LogP contribution in [0, 0.1) is 5.41 Å². The van der Waals surface area contributed by atoms with Crippen molar-refractivity contribution in [1.29, 1.82) is 0 Å². The van der Waals surface area contributed by atoms with Crippen molar-refractivity contribution in [2.24, 2.45) is 5.41 Å². The largest absolute Gasteiger partial charge is 0.340 e. The van der Waals surface area contributed by atoms with Crippen LogP contribution in [0.2, 0.25) is 0 Å². The van der Waals surface area contributed by atoms with E-state index in [0.717, 1.165) is 39.1 Å². The van der Waals surface area contributed by atoms with E-state index in [4.69, 9.17) is 0 Å². The summed E-state index contributed by atoms with van der Waals surface area (Å²) in [5.41, 5.74) is 1.13. The van der Waals surface area contributed by atoms with Gasteiger partial charge in [-0.3, -0.25) is 9.69 Å². The van der Waals surface area contributed by atoms with Gasteiger partial charge >= 0.3 is 0 Å². The monoisotopic (exact) mass is 274 g/mol. The predicted octanol–water partition coefficient (Wildman–Crippen LogP) is 2.77. The van der Waals surface area contributed by atoms with Crippen molar-refractivity contribution in [3.8, 4) is 0 Å². The first-order valence-electron chi connectivity index (χ1n) is 7.58. The van der Waals surface area contributed by atoms with Gasteiger partial charge in [0, 0.05) is 38.1 Å². The van der Waals surface area contributed by atoms with Crippen LogP contribution >= 0.6 is 0 Å². The minimum absolute atomic E-state index is 0.221. The Labute approximate surface area is 122 Å². The van der Waals surface area contributed by atoms with Gasteiger partial charge in [0.15, 0.2) is 0 Å². The summed E-state index contributed by atoms with van der Waals surface area (Å²) in [7, 11) is 0. The highest BCUT2D eigenvalue weighted by molar-refractivity contribution is 5.82. The number of hydrogen-bond donors (Lipinski definition) is 0. The van der Waals surface area contributed by atoms with Crippen LogP contribution < -0.4 is 0 Å². The van der Waals surface area contributed by atoms with Crippen LogP contribution in [0.25, 0.3) is 0 Å². The fourth-order valence-electron chi connectivity index (χ4n) is 2.53. The molecule has 0 atom stereocenters. The SMILES string of the molecule is CCC(C)(C)C(=O)N1CCN(Cc2ccccc2)CC1. The van der Waals surface area contributed by atoms with E-state index in [0.29, 0.717) is 5.91 Å². The molecule has 0 N–H and O–H groups in total. The Bertz CT molecular complexity index is 434. The quantitative estimate of drug-likeness (QED) is 0.843. The molecule has 0 aliphatic carbocycles. The lowest BCUT2D eigenvalue weighted by molar-refractivity contribution is -0.142. The van der Waals surface area contributed by atoms with Gasteiger partial charge in [-0.1, -0.05) is 51.1 Å². The Balaban J connectivity index is 1.85. The lowest BCUT2D eigenvalue weighted by Crippen LogP contribution is -2.51. The third kappa shape index (κ3) is 3.60. The van der Waals surface area contributed by atoms with Crippen LogP contribution in [-0.2, 0) is 11.3 Å². The highest BCUT2D eigenvalue weighted by atomic mass is 16.2. The van der Waals surface area contributed by atoms with Crippen molar-refractivity contribution in [1.82, 2.24) is 9.80 Å². The summed E-state index contributed by atoms with van der Waals surface area (Å²) in [4.78, 5) is 16.9. The number of carbonyl (C=O) groups excluding carboxylic acids is 1. The number of benzene rings is 1. The van der Waals surface area contributed by atoms with Crippen molar-refractivity contribution in [3.05, 3.63) is 35.9 Å².